The number of para-hydroxylation sites is 2. The number of amides is 1. The molecule has 2 N–H and O–H groups in total. The number of aromatic amines is 1. The van der Waals surface area contributed by atoms with Gasteiger partial charge in [-0.2, -0.15) is 0 Å². The summed E-state index contributed by atoms with van der Waals surface area (Å²) in [6.07, 6.45) is 0. The highest BCUT2D eigenvalue weighted by Crippen LogP contribution is 2.20. The van der Waals surface area contributed by atoms with E-state index < -0.39 is 0 Å². The summed E-state index contributed by atoms with van der Waals surface area (Å²) in [5.41, 5.74) is 4.15. The molecule has 4 rings (SSSR count). The Labute approximate surface area is 173 Å². The van der Waals surface area contributed by atoms with Gasteiger partial charge in [-0.05, 0) is 53.7 Å². The van der Waals surface area contributed by atoms with Gasteiger partial charge in [-0.1, -0.05) is 42.5 Å². The minimum atomic E-state index is -0.0508. The van der Waals surface area contributed by atoms with E-state index in [1.54, 1.807) is 7.11 Å². The Morgan fingerprint density at radius 1 is 1.00 bits per heavy atom. The summed E-state index contributed by atoms with van der Waals surface area (Å²) < 4.78 is 7.36. The van der Waals surface area contributed by atoms with Crippen LogP contribution in [-0.2, 0) is 11.3 Å². The number of carbonyl (C=O) groups is 1. The average molecular weight is 405 g/mol. The van der Waals surface area contributed by atoms with Gasteiger partial charge in [0.15, 0.2) is 11.0 Å². The maximum absolute atomic E-state index is 12.4. The van der Waals surface area contributed by atoms with Crippen molar-refractivity contribution in [3.63, 3.8) is 0 Å². The van der Waals surface area contributed by atoms with Crippen LogP contribution in [0.5, 0.6) is 5.75 Å². The lowest BCUT2D eigenvalue weighted by atomic mass is 10.2. The van der Waals surface area contributed by atoms with E-state index in [4.69, 9.17) is 4.74 Å². The molecular weight excluding hydrogens is 382 g/mol. The zero-order valence-corrected chi connectivity index (χ0v) is 16.9. The van der Waals surface area contributed by atoms with E-state index in [2.05, 4.69) is 39.1 Å². The number of benzene rings is 3. The summed E-state index contributed by atoms with van der Waals surface area (Å²) in [7, 11) is 1.62. The number of H-pyrrole nitrogens is 1. The number of hydrogen-bond donors (Lipinski definition) is 2. The molecule has 0 spiro atoms. The Morgan fingerprint density at radius 3 is 2.48 bits per heavy atom. The second kappa shape index (κ2) is 8.84. The van der Waals surface area contributed by atoms with Crippen LogP contribution in [-0.4, -0.2) is 23.8 Å². The molecule has 0 fully saturated rings. The number of fused-ring (bicyclic) bond motifs is 1. The van der Waals surface area contributed by atoms with Crippen LogP contribution in [0.25, 0.3) is 11.0 Å². The van der Waals surface area contributed by atoms with Crippen molar-refractivity contribution in [2.45, 2.75) is 11.7 Å². The second-order valence-electron chi connectivity index (χ2n) is 6.58. The first-order valence-electron chi connectivity index (χ1n) is 9.34. The molecule has 29 heavy (non-hydrogen) atoms. The van der Waals surface area contributed by atoms with Gasteiger partial charge in [0.2, 0.25) is 5.91 Å². The number of methoxy groups -OCH3 is 1. The highest BCUT2D eigenvalue weighted by atomic mass is 32.2. The molecule has 0 aliphatic rings. The number of rotatable bonds is 7. The number of aromatic nitrogens is 2. The van der Waals surface area contributed by atoms with E-state index in [-0.39, 0.29) is 5.91 Å². The molecule has 0 bridgehead atoms. The molecule has 0 aliphatic carbocycles. The van der Waals surface area contributed by atoms with Crippen LogP contribution in [0.15, 0.2) is 84.0 Å². The fourth-order valence-corrected chi connectivity index (χ4v) is 3.99. The van der Waals surface area contributed by atoms with Crippen LogP contribution in [0.1, 0.15) is 5.56 Å². The van der Waals surface area contributed by atoms with Crippen LogP contribution in [0, 0.1) is 0 Å². The number of imidazole rings is 1. The lowest BCUT2D eigenvalue weighted by Gasteiger charge is -2.06. The Hall–Kier alpha value is -3.25. The minimum absolute atomic E-state index is 0.0508. The Bertz CT molecular complexity index is 1110. The van der Waals surface area contributed by atoms with E-state index >= 15 is 0 Å². The molecule has 4 aromatic rings. The second-order valence-corrected chi connectivity index (χ2v) is 7.55. The molecule has 0 atom stereocenters. The predicted molar refractivity (Wildman–Crippen MR) is 116 cm³/mol. The van der Waals surface area contributed by atoms with Crippen molar-refractivity contribution in [3.8, 4) is 5.75 Å². The third-order valence-corrected chi connectivity index (χ3v) is 5.58. The van der Waals surface area contributed by atoms with Crippen molar-refractivity contribution in [3.05, 3.63) is 84.4 Å². The van der Waals surface area contributed by atoms with Crippen LogP contribution in [0.4, 0.5) is 5.69 Å². The zero-order valence-electron chi connectivity index (χ0n) is 16.1. The van der Waals surface area contributed by atoms with Crippen LogP contribution >= 0.6 is 11.8 Å². The van der Waals surface area contributed by atoms with Gasteiger partial charge in [0.25, 0.3) is 0 Å². The van der Waals surface area contributed by atoms with Crippen molar-refractivity contribution in [2.24, 2.45) is 0 Å². The number of ether oxygens (including phenoxy) is 1. The van der Waals surface area contributed by atoms with Gasteiger partial charge in [0, 0.05) is 5.69 Å². The molecular formula is C23H22N3O2S+. The van der Waals surface area contributed by atoms with Crippen molar-refractivity contribution < 1.29 is 14.1 Å². The molecule has 3 aromatic carbocycles. The van der Waals surface area contributed by atoms with Crippen LogP contribution in [0.3, 0.4) is 0 Å². The highest BCUT2D eigenvalue weighted by molar-refractivity contribution is 7.99. The van der Waals surface area contributed by atoms with Crippen molar-refractivity contribution >= 4 is 34.4 Å². The predicted octanol–water partition coefficient (Wildman–Crippen LogP) is 4.24. The smallest absolute Gasteiger partial charge is 0.317 e. The van der Waals surface area contributed by atoms with Crippen molar-refractivity contribution in [1.29, 1.82) is 0 Å². The van der Waals surface area contributed by atoms with E-state index in [1.165, 1.54) is 17.3 Å². The van der Waals surface area contributed by atoms with Crippen LogP contribution < -0.4 is 14.6 Å². The zero-order chi connectivity index (χ0) is 20.1. The molecule has 0 aliphatic heterocycles. The van der Waals surface area contributed by atoms with E-state index in [0.29, 0.717) is 5.75 Å². The topological polar surface area (TPSA) is 58.0 Å². The summed E-state index contributed by atoms with van der Waals surface area (Å²) in [6.45, 7) is 0.743. The molecule has 6 heteroatoms. The summed E-state index contributed by atoms with van der Waals surface area (Å²) in [5, 5.41) is 3.89. The SMILES string of the molecule is COc1ccc(NC(=O)CSc2[nH]c3ccccc3[n+]2Cc2ccccc2)cc1. The summed E-state index contributed by atoms with van der Waals surface area (Å²) in [6, 6.07) is 25.8. The Balaban J connectivity index is 1.49. The van der Waals surface area contributed by atoms with Gasteiger partial charge in [-0.25, -0.2) is 9.55 Å². The summed E-state index contributed by atoms with van der Waals surface area (Å²) in [4.78, 5) is 15.9. The van der Waals surface area contributed by atoms with Crippen molar-refractivity contribution in [2.75, 3.05) is 18.2 Å². The summed E-state index contributed by atoms with van der Waals surface area (Å²) in [5.74, 6) is 1.02. The number of nitrogens with one attached hydrogen (secondary N) is 2. The molecule has 0 radical (unpaired) electrons. The monoisotopic (exact) mass is 404 g/mol. The fourth-order valence-electron chi connectivity index (χ4n) is 3.15. The molecule has 1 amide bonds. The maximum atomic E-state index is 12.4. The standard InChI is InChI=1S/C23H21N3O2S/c1-28-19-13-11-18(12-14-19)24-22(27)16-29-23-25-20-9-5-6-10-21(20)26(23)15-17-7-3-2-4-8-17/h2-14H,15-16H2,1H3,(H,24,27)/p+1. The highest BCUT2D eigenvalue weighted by Gasteiger charge is 2.20. The largest absolute Gasteiger partial charge is 0.497 e. The molecule has 1 heterocycles. The first kappa shape index (κ1) is 19.1. The normalized spacial score (nSPS) is 10.8. The first-order chi connectivity index (χ1) is 14.2. The maximum Gasteiger partial charge on any atom is 0.317 e. The van der Waals surface area contributed by atoms with Gasteiger partial charge in [0.1, 0.15) is 12.3 Å². The fraction of sp³-hybridized carbons (Fsp3) is 0.130. The lowest BCUT2D eigenvalue weighted by Crippen LogP contribution is -2.35. The Kier molecular flexibility index (Phi) is 5.81. The number of anilines is 1. The minimum Gasteiger partial charge on any atom is -0.497 e. The van der Waals surface area contributed by atoms with Crippen LogP contribution in [0.2, 0.25) is 0 Å². The first-order valence-corrected chi connectivity index (χ1v) is 10.3. The summed E-state index contributed by atoms with van der Waals surface area (Å²) >= 11 is 1.50. The van der Waals surface area contributed by atoms with Crippen molar-refractivity contribution in [1.82, 2.24) is 4.98 Å². The Morgan fingerprint density at radius 2 is 1.72 bits per heavy atom. The van der Waals surface area contributed by atoms with Gasteiger partial charge in [0.05, 0.1) is 12.9 Å². The van der Waals surface area contributed by atoms with Gasteiger partial charge in [-0.3, -0.25) is 4.79 Å². The molecule has 1 aromatic heterocycles. The van der Waals surface area contributed by atoms with Gasteiger partial charge < -0.3 is 10.1 Å². The molecule has 0 saturated carbocycles. The number of hydrogen-bond acceptors (Lipinski definition) is 3. The third kappa shape index (κ3) is 4.60. The van der Waals surface area contributed by atoms with Gasteiger partial charge >= 0.3 is 5.16 Å². The van der Waals surface area contributed by atoms with Gasteiger partial charge in [-0.15, -0.1) is 0 Å². The number of thioether (sulfide) groups is 1. The molecule has 5 nitrogen and oxygen atoms in total. The lowest BCUT2D eigenvalue weighted by molar-refractivity contribution is -0.700. The number of carbonyl (C=O) groups excluding carboxylic acids is 1. The third-order valence-electron chi connectivity index (χ3n) is 4.58. The van der Waals surface area contributed by atoms with E-state index in [0.717, 1.165) is 34.2 Å². The quantitative estimate of drug-likeness (QED) is 0.358. The van der Waals surface area contributed by atoms with E-state index in [9.17, 15) is 4.79 Å². The van der Waals surface area contributed by atoms with E-state index in [1.807, 2.05) is 54.6 Å². The number of nitrogens with zero attached hydrogens (tertiary/aromatic N) is 1. The molecule has 146 valence electrons. The average Bonchev–Trinajstić information content (AvgIpc) is 3.11. The molecule has 0 saturated heterocycles. The molecule has 0 unspecified atom stereocenters.